The number of alkyl halides is 1. The molecule has 5 nitrogen and oxygen atoms in total. The molecule has 1 aromatic rings. The van der Waals surface area contributed by atoms with Crippen LogP contribution in [0.15, 0.2) is 24.3 Å². The third kappa shape index (κ3) is 8.20. The van der Waals surface area contributed by atoms with Crippen molar-refractivity contribution >= 4 is 34.7 Å². The minimum Gasteiger partial charge on any atom is -0.450 e. The van der Waals surface area contributed by atoms with Crippen molar-refractivity contribution in [1.29, 1.82) is 0 Å². The molecule has 1 aromatic carbocycles. The van der Waals surface area contributed by atoms with E-state index in [0.717, 1.165) is 11.1 Å². The number of aryl methyl sites for hydroxylation is 1. The number of esters is 1. The van der Waals surface area contributed by atoms with Gasteiger partial charge in [-0.1, -0.05) is 29.8 Å². The van der Waals surface area contributed by atoms with Crippen molar-refractivity contribution in [3.8, 4) is 0 Å². The number of hydrogen-bond donors (Lipinski definition) is 1. The molecule has 6 heteroatoms. The van der Waals surface area contributed by atoms with Crippen LogP contribution in [0.5, 0.6) is 0 Å². The summed E-state index contributed by atoms with van der Waals surface area (Å²) in [6.07, 6.45) is -0.281. The lowest BCUT2D eigenvalue weighted by Gasteiger charge is -2.23. The lowest BCUT2D eigenvalue weighted by atomic mass is 10.0. The molecule has 1 N–H and O–H groups in total. The van der Waals surface area contributed by atoms with E-state index in [4.69, 9.17) is 9.47 Å². The van der Waals surface area contributed by atoms with E-state index < -0.39 is 23.7 Å². The highest BCUT2D eigenvalue weighted by atomic mass is 127. The van der Waals surface area contributed by atoms with Gasteiger partial charge in [-0.05, 0) is 62.8 Å². The van der Waals surface area contributed by atoms with Gasteiger partial charge in [0, 0.05) is 6.42 Å². The molecule has 2 atom stereocenters. The van der Waals surface area contributed by atoms with E-state index in [-0.39, 0.29) is 4.11 Å². The van der Waals surface area contributed by atoms with Crippen LogP contribution in [0.4, 0.5) is 4.79 Å². The highest BCUT2D eigenvalue weighted by Crippen LogP contribution is 2.12. The molecular formula is C17H24INO4. The molecule has 0 spiro atoms. The van der Waals surface area contributed by atoms with Crippen LogP contribution in [0.3, 0.4) is 0 Å². The Morgan fingerprint density at radius 1 is 1.30 bits per heavy atom. The Morgan fingerprint density at radius 3 is 2.48 bits per heavy atom. The fraction of sp³-hybridized carbons (Fsp3) is 0.529. The largest absolute Gasteiger partial charge is 0.450 e. The molecule has 0 bridgehead atoms. The van der Waals surface area contributed by atoms with Crippen LogP contribution in [-0.2, 0) is 20.7 Å². The summed E-state index contributed by atoms with van der Waals surface area (Å²) < 4.78 is 10.2. The van der Waals surface area contributed by atoms with Gasteiger partial charge in [-0.3, -0.25) is 0 Å². The van der Waals surface area contributed by atoms with Crippen LogP contribution in [0.2, 0.25) is 0 Å². The number of alkyl carbamates (subject to hydrolysis) is 1. The first-order chi connectivity index (χ1) is 10.6. The second-order valence-corrected chi connectivity index (χ2v) is 8.13. The molecule has 0 aromatic heterocycles. The molecule has 0 radical (unpaired) electrons. The Kier molecular flexibility index (Phi) is 7.31. The fourth-order valence-electron chi connectivity index (χ4n) is 1.96. The lowest BCUT2D eigenvalue weighted by Crippen LogP contribution is -2.45. The van der Waals surface area contributed by atoms with Crippen molar-refractivity contribution in [3.63, 3.8) is 0 Å². The number of hydrogen-bond acceptors (Lipinski definition) is 4. The Bertz CT molecular complexity index is 552. The van der Waals surface area contributed by atoms with Gasteiger partial charge < -0.3 is 14.8 Å². The zero-order valence-electron chi connectivity index (χ0n) is 14.2. The van der Waals surface area contributed by atoms with Gasteiger partial charge in [0.05, 0.1) is 0 Å². The number of rotatable bonds is 5. The van der Waals surface area contributed by atoms with E-state index >= 15 is 0 Å². The Balaban J connectivity index is 2.84. The van der Waals surface area contributed by atoms with Crippen LogP contribution in [-0.4, -0.2) is 27.8 Å². The lowest BCUT2D eigenvalue weighted by molar-refractivity contribution is -0.146. The molecule has 0 aliphatic carbocycles. The number of carbonyl (C=O) groups is 2. The third-order valence-electron chi connectivity index (χ3n) is 2.78. The number of halogens is 1. The highest BCUT2D eigenvalue weighted by molar-refractivity contribution is 14.1. The summed E-state index contributed by atoms with van der Waals surface area (Å²) in [4.78, 5) is 24.2. The highest BCUT2D eigenvalue weighted by Gasteiger charge is 2.26. The molecule has 0 aliphatic rings. The van der Waals surface area contributed by atoms with E-state index in [1.165, 1.54) is 0 Å². The first-order valence-corrected chi connectivity index (χ1v) is 8.71. The fourth-order valence-corrected chi connectivity index (χ4v) is 2.21. The molecule has 1 unspecified atom stereocenters. The maximum absolute atomic E-state index is 12.2. The first-order valence-electron chi connectivity index (χ1n) is 7.46. The molecule has 0 saturated carbocycles. The standard InChI is InChI=1S/C17H24INO4/c1-11-7-6-8-13(9-11)10-14(15(20)22-12(2)18)19-16(21)23-17(3,4)5/h6-9,12,14H,10H2,1-5H3,(H,19,21)/t12?,14-/m1/s1. The second kappa shape index (κ2) is 8.52. The van der Waals surface area contributed by atoms with Crippen molar-refractivity contribution in [3.05, 3.63) is 35.4 Å². The van der Waals surface area contributed by atoms with Crippen molar-refractivity contribution < 1.29 is 19.1 Å². The van der Waals surface area contributed by atoms with Crippen LogP contribution < -0.4 is 5.32 Å². The predicted molar refractivity (Wildman–Crippen MR) is 97.6 cm³/mol. The summed E-state index contributed by atoms with van der Waals surface area (Å²) in [5, 5.41) is 2.61. The van der Waals surface area contributed by atoms with Gasteiger partial charge in [0.1, 0.15) is 15.8 Å². The summed E-state index contributed by atoms with van der Waals surface area (Å²) >= 11 is 2.00. The van der Waals surface area contributed by atoms with Gasteiger partial charge in [0.2, 0.25) is 0 Å². The van der Waals surface area contributed by atoms with Gasteiger partial charge in [-0.25, -0.2) is 9.59 Å². The smallest absolute Gasteiger partial charge is 0.408 e. The number of carbonyl (C=O) groups excluding carboxylic acids is 2. The predicted octanol–water partition coefficient (Wildman–Crippen LogP) is 3.76. The third-order valence-corrected chi connectivity index (χ3v) is 3.03. The van der Waals surface area contributed by atoms with Crippen LogP contribution in [0.25, 0.3) is 0 Å². The minimum atomic E-state index is -0.788. The SMILES string of the molecule is Cc1cccc(C[C@@H](NC(=O)OC(C)(C)C)C(=O)OC(C)I)c1. The van der Waals surface area contributed by atoms with Crippen molar-refractivity contribution in [1.82, 2.24) is 5.32 Å². The van der Waals surface area contributed by atoms with Crippen molar-refractivity contribution in [2.45, 2.75) is 56.8 Å². The second-order valence-electron chi connectivity index (χ2n) is 6.37. The zero-order chi connectivity index (χ0) is 17.6. The molecule has 0 aliphatic heterocycles. The van der Waals surface area contributed by atoms with Gasteiger partial charge in [0.15, 0.2) is 0 Å². The molecule has 23 heavy (non-hydrogen) atoms. The van der Waals surface area contributed by atoms with Crippen molar-refractivity contribution in [2.75, 3.05) is 0 Å². The van der Waals surface area contributed by atoms with E-state index in [9.17, 15) is 9.59 Å². The van der Waals surface area contributed by atoms with Crippen molar-refractivity contribution in [2.24, 2.45) is 0 Å². The van der Waals surface area contributed by atoms with Gasteiger partial charge in [-0.2, -0.15) is 0 Å². The normalized spacial score (nSPS) is 13.8. The van der Waals surface area contributed by atoms with Crippen LogP contribution in [0.1, 0.15) is 38.8 Å². The topological polar surface area (TPSA) is 64.6 Å². The summed E-state index contributed by atoms with van der Waals surface area (Å²) in [5.41, 5.74) is 1.41. The summed E-state index contributed by atoms with van der Waals surface area (Å²) in [6.45, 7) is 9.05. The van der Waals surface area contributed by atoms with Gasteiger partial charge >= 0.3 is 12.1 Å². The maximum atomic E-state index is 12.2. The van der Waals surface area contributed by atoms with Gasteiger partial charge in [-0.15, -0.1) is 0 Å². The minimum absolute atomic E-state index is 0.277. The Morgan fingerprint density at radius 2 is 1.96 bits per heavy atom. The van der Waals surface area contributed by atoms with E-state index in [2.05, 4.69) is 5.32 Å². The molecule has 0 saturated heterocycles. The monoisotopic (exact) mass is 433 g/mol. The van der Waals surface area contributed by atoms with Crippen LogP contribution >= 0.6 is 22.6 Å². The average molecular weight is 433 g/mol. The molecule has 128 valence electrons. The number of benzene rings is 1. The maximum Gasteiger partial charge on any atom is 0.408 e. The average Bonchev–Trinajstić information content (AvgIpc) is 2.34. The Labute approximate surface area is 151 Å². The molecular weight excluding hydrogens is 409 g/mol. The van der Waals surface area contributed by atoms with E-state index in [0.29, 0.717) is 6.42 Å². The zero-order valence-corrected chi connectivity index (χ0v) is 16.3. The summed E-state index contributed by atoms with van der Waals surface area (Å²) in [5.74, 6) is -0.473. The molecule has 1 rings (SSSR count). The first kappa shape index (κ1) is 19.7. The summed E-state index contributed by atoms with van der Waals surface area (Å²) in [7, 11) is 0. The number of nitrogens with one attached hydrogen (secondary N) is 1. The van der Waals surface area contributed by atoms with Crippen LogP contribution in [0, 0.1) is 6.92 Å². The Hall–Kier alpha value is -1.31. The quantitative estimate of drug-likeness (QED) is 0.437. The van der Waals surface area contributed by atoms with E-state index in [1.807, 2.05) is 53.8 Å². The molecule has 0 heterocycles. The van der Waals surface area contributed by atoms with E-state index in [1.54, 1.807) is 27.7 Å². The molecule has 0 fully saturated rings. The summed E-state index contributed by atoms with van der Waals surface area (Å²) in [6, 6.07) is 7.00. The number of amides is 1. The number of ether oxygens (including phenoxy) is 2. The van der Waals surface area contributed by atoms with Gasteiger partial charge in [0.25, 0.3) is 0 Å². The molecule has 1 amide bonds.